The molecule has 0 aromatic carbocycles. The van der Waals surface area contributed by atoms with Gasteiger partial charge in [-0.3, -0.25) is 14.9 Å². The van der Waals surface area contributed by atoms with E-state index in [0.717, 1.165) is 0 Å². The fourth-order valence-corrected chi connectivity index (χ4v) is 1.01. The van der Waals surface area contributed by atoms with E-state index in [1.165, 1.54) is 0 Å². The molecule has 0 amide bonds. The van der Waals surface area contributed by atoms with Gasteiger partial charge in [-0.15, -0.1) is 0 Å². The van der Waals surface area contributed by atoms with E-state index in [1.54, 1.807) is 0 Å². The molecule has 0 fully saturated rings. The number of carbonyl (C=O) groups excluding carboxylic acids is 1. The van der Waals surface area contributed by atoms with Crippen molar-refractivity contribution in [3.05, 3.63) is 0 Å². The first-order chi connectivity index (χ1) is 5.48. The number of carboxylic acid groups (broad SMARTS) is 1. The second-order valence-corrected chi connectivity index (χ2v) is 3.62. The van der Waals surface area contributed by atoms with E-state index in [-0.39, 0.29) is 6.47 Å². The molecular weight excluding hydrogens is 189 g/mol. The van der Waals surface area contributed by atoms with E-state index in [1.807, 2.05) is 0 Å². The van der Waals surface area contributed by atoms with Crippen LogP contribution in [0, 0.1) is 0 Å². The van der Waals surface area contributed by atoms with Crippen LogP contribution in [0.5, 0.6) is 0 Å². The van der Waals surface area contributed by atoms with E-state index < -0.39 is 26.4 Å². The first-order valence-electron chi connectivity index (χ1n) is 2.84. The van der Waals surface area contributed by atoms with Crippen molar-refractivity contribution < 1.29 is 28.7 Å². The molecule has 8 heteroatoms. The summed E-state index contributed by atoms with van der Waals surface area (Å²) in [7, 11) is -3.99. The predicted molar refractivity (Wildman–Crippen MR) is 37.5 cm³/mol. The fraction of sp³-hybridized carbons (Fsp3) is 0.500. The molecule has 3 N–H and O–H groups in total. The van der Waals surface area contributed by atoms with E-state index >= 15 is 0 Å². The molecule has 70 valence electrons. The standard InChI is InChI=1S/C4H8NO6P/c6-3-11-12(9,10)2-5-1-4(7)8/h3,5H,1-2H2,(H,7,8)(H,9,10). The minimum Gasteiger partial charge on any atom is -0.480 e. The smallest absolute Gasteiger partial charge is 0.392 e. The summed E-state index contributed by atoms with van der Waals surface area (Å²) < 4.78 is 14.4. The highest BCUT2D eigenvalue weighted by atomic mass is 31.2. The van der Waals surface area contributed by atoms with Crippen LogP contribution in [0.3, 0.4) is 0 Å². The molecule has 0 radical (unpaired) electrons. The summed E-state index contributed by atoms with van der Waals surface area (Å²) >= 11 is 0. The summed E-state index contributed by atoms with van der Waals surface area (Å²) in [6.07, 6.45) is -0.571. The third-order valence-corrected chi connectivity index (χ3v) is 1.83. The molecule has 0 aromatic heterocycles. The van der Waals surface area contributed by atoms with Gasteiger partial charge in [0, 0.05) is 0 Å². The van der Waals surface area contributed by atoms with Crippen LogP contribution < -0.4 is 5.32 Å². The van der Waals surface area contributed by atoms with Crippen molar-refractivity contribution in [2.24, 2.45) is 0 Å². The summed E-state index contributed by atoms with van der Waals surface area (Å²) in [5, 5.41) is 10.2. The lowest BCUT2D eigenvalue weighted by Gasteiger charge is -2.07. The molecule has 0 saturated heterocycles. The summed E-state index contributed by atoms with van der Waals surface area (Å²) in [6.45, 7) is -0.629. The first-order valence-corrected chi connectivity index (χ1v) is 4.60. The SMILES string of the molecule is O=COP(=O)(O)CNCC(=O)O. The Morgan fingerprint density at radius 1 is 1.67 bits per heavy atom. The third kappa shape index (κ3) is 5.84. The molecule has 0 aliphatic heterocycles. The molecule has 0 aliphatic rings. The molecule has 0 saturated carbocycles. The molecule has 7 nitrogen and oxygen atoms in total. The van der Waals surface area contributed by atoms with Crippen molar-refractivity contribution in [3.8, 4) is 0 Å². The van der Waals surface area contributed by atoms with Crippen molar-refractivity contribution in [2.75, 3.05) is 12.8 Å². The number of hydrogen-bond acceptors (Lipinski definition) is 5. The number of carbonyl (C=O) groups is 2. The van der Waals surface area contributed by atoms with Crippen molar-refractivity contribution in [1.82, 2.24) is 5.32 Å². The Morgan fingerprint density at radius 2 is 2.25 bits per heavy atom. The zero-order valence-corrected chi connectivity index (χ0v) is 6.86. The maximum Gasteiger partial charge on any atom is 0.392 e. The lowest BCUT2D eigenvalue weighted by molar-refractivity contribution is -0.135. The molecule has 0 heterocycles. The highest BCUT2D eigenvalue weighted by Crippen LogP contribution is 2.38. The van der Waals surface area contributed by atoms with Gasteiger partial charge in [-0.25, -0.2) is 4.57 Å². The van der Waals surface area contributed by atoms with Crippen LogP contribution in [0.4, 0.5) is 0 Å². The van der Waals surface area contributed by atoms with E-state index in [9.17, 15) is 14.2 Å². The van der Waals surface area contributed by atoms with Crippen molar-refractivity contribution >= 4 is 20.0 Å². The topological polar surface area (TPSA) is 113 Å². The van der Waals surface area contributed by atoms with Gasteiger partial charge in [0.25, 0.3) is 6.47 Å². The quantitative estimate of drug-likeness (QED) is 0.368. The number of aliphatic carboxylic acids is 1. The van der Waals surface area contributed by atoms with Gasteiger partial charge in [-0.05, 0) is 0 Å². The highest BCUT2D eigenvalue weighted by molar-refractivity contribution is 7.53. The second kappa shape index (κ2) is 4.87. The van der Waals surface area contributed by atoms with E-state index in [2.05, 4.69) is 9.84 Å². The van der Waals surface area contributed by atoms with Crippen LogP contribution in [0.2, 0.25) is 0 Å². The Kier molecular flexibility index (Phi) is 4.50. The molecule has 0 spiro atoms. The van der Waals surface area contributed by atoms with Crippen molar-refractivity contribution in [1.29, 1.82) is 0 Å². The van der Waals surface area contributed by atoms with Crippen LogP contribution in [-0.2, 0) is 18.7 Å². The molecular formula is C4H8NO6P. The van der Waals surface area contributed by atoms with Gasteiger partial charge in [0.15, 0.2) is 0 Å². The minimum atomic E-state index is -3.99. The van der Waals surface area contributed by atoms with Gasteiger partial charge < -0.3 is 14.5 Å². The first kappa shape index (κ1) is 11.1. The monoisotopic (exact) mass is 197 g/mol. The molecule has 0 aliphatic carbocycles. The van der Waals surface area contributed by atoms with Crippen LogP contribution in [-0.4, -0.2) is 35.3 Å². The maximum atomic E-state index is 10.6. The molecule has 0 bridgehead atoms. The van der Waals surface area contributed by atoms with Crippen molar-refractivity contribution in [3.63, 3.8) is 0 Å². The number of hydrogen-bond donors (Lipinski definition) is 3. The second-order valence-electron chi connectivity index (χ2n) is 1.82. The highest BCUT2D eigenvalue weighted by Gasteiger charge is 2.18. The van der Waals surface area contributed by atoms with Crippen LogP contribution in [0.25, 0.3) is 0 Å². The third-order valence-electron chi connectivity index (χ3n) is 0.796. The predicted octanol–water partition coefficient (Wildman–Crippen LogP) is -1.02. The van der Waals surface area contributed by atoms with Gasteiger partial charge in [0.1, 0.15) is 6.29 Å². The normalized spacial score (nSPS) is 14.8. The van der Waals surface area contributed by atoms with E-state index in [4.69, 9.17) is 10.00 Å². The average molecular weight is 197 g/mol. The van der Waals surface area contributed by atoms with Crippen LogP contribution >= 0.6 is 7.60 Å². The molecule has 0 aromatic rings. The Bertz CT molecular complexity index is 216. The molecule has 0 rings (SSSR count). The van der Waals surface area contributed by atoms with E-state index in [0.29, 0.717) is 0 Å². The van der Waals surface area contributed by atoms with Crippen molar-refractivity contribution in [2.45, 2.75) is 0 Å². The lowest BCUT2D eigenvalue weighted by atomic mass is 10.7. The van der Waals surface area contributed by atoms with Gasteiger partial charge in [0.2, 0.25) is 0 Å². The van der Waals surface area contributed by atoms with Gasteiger partial charge in [-0.2, -0.15) is 0 Å². The lowest BCUT2D eigenvalue weighted by Crippen LogP contribution is -2.23. The summed E-state index contributed by atoms with van der Waals surface area (Å²) in [6, 6.07) is 0. The Balaban J connectivity index is 3.68. The molecule has 1 atom stereocenters. The maximum absolute atomic E-state index is 10.6. The summed E-state index contributed by atoms with van der Waals surface area (Å²) in [5.41, 5.74) is 0. The van der Waals surface area contributed by atoms with Gasteiger partial charge in [0.05, 0.1) is 6.54 Å². The number of nitrogens with one attached hydrogen (secondary N) is 1. The van der Waals surface area contributed by atoms with Crippen LogP contribution in [0.1, 0.15) is 0 Å². The van der Waals surface area contributed by atoms with Gasteiger partial charge >= 0.3 is 13.6 Å². The zero-order chi connectivity index (χ0) is 9.61. The Hall–Kier alpha value is -0.910. The number of rotatable bonds is 6. The van der Waals surface area contributed by atoms with Crippen LogP contribution in [0.15, 0.2) is 0 Å². The minimum absolute atomic E-state index is 0.163. The Morgan fingerprint density at radius 3 is 2.67 bits per heavy atom. The van der Waals surface area contributed by atoms with Gasteiger partial charge in [-0.1, -0.05) is 0 Å². The summed E-state index contributed by atoms with van der Waals surface area (Å²) in [5.74, 6) is -1.17. The number of carboxylic acids is 1. The molecule has 1 unspecified atom stereocenters. The summed E-state index contributed by atoms with van der Waals surface area (Å²) in [4.78, 5) is 28.2. The largest absolute Gasteiger partial charge is 0.480 e. The Labute approximate surface area is 67.9 Å². The zero-order valence-electron chi connectivity index (χ0n) is 5.97. The average Bonchev–Trinajstić information content (AvgIpc) is 1.85. The molecule has 12 heavy (non-hydrogen) atoms. The fourth-order valence-electron chi connectivity index (χ4n) is 0.409.